The quantitative estimate of drug-likeness (QED) is 0.904. The van der Waals surface area contributed by atoms with Gasteiger partial charge in [-0.15, -0.1) is 0 Å². The first-order valence-corrected chi connectivity index (χ1v) is 6.39. The molecule has 2 unspecified atom stereocenters. The van der Waals surface area contributed by atoms with E-state index in [2.05, 4.69) is 29.8 Å². The van der Waals surface area contributed by atoms with Crippen LogP contribution in [0.25, 0.3) is 0 Å². The molecule has 0 bridgehead atoms. The summed E-state index contributed by atoms with van der Waals surface area (Å²) >= 11 is 3.28. The first kappa shape index (κ1) is 12.1. The van der Waals surface area contributed by atoms with Gasteiger partial charge >= 0.3 is 0 Å². The van der Waals surface area contributed by atoms with E-state index in [0.717, 1.165) is 12.0 Å². The highest BCUT2D eigenvalue weighted by atomic mass is 79.9. The molecule has 2 N–H and O–H groups in total. The number of benzene rings is 1. The second kappa shape index (κ2) is 4.11. The van der Waals surface area contributed by atoms with Gasteiger partial charge in [0.1, 0.15) is 5.82 Å². The molecule has 16 heavy (non-hydrogen) atoms. The fraction of sp³-hybridized carbons (Fsp3) is 0.538. The maximum atomic E-state index is 13.3. The van der Waals surface area contributed by atoms with Crippen molar-refractivity contribution in [3.8, 4) is 0 Å². The average molecular weight is 286 g/mol. The number of halogens is 2. The summed E-state index contributed by atoms with van der Waals surface area (Å²) in [6.07, 6.45) is 1.92. The van der Waals surface area contributed by atoms with E-state index in [1.807, 2.05) is 6.07 Å². The molecule has 0 aliphatic heterocycles. The van der Waals surface area contributed by atoms with Crippen LogP contribution in [0.15, 0.2) is 22.7 Å². The van der Waals surface area contributed by atoms with Crippen molar-refractivity contribution in [3.63, 3.8) is 0 Å². The van der Waals surface area contributed by atoms with Crippen molar-refractivity contribution in [1.29, 1.82) is 0 Å². The Kier molecular flexibility index (Phi) is 3.10. The second-order valence-electron chi connectivity index (χ2n) is 5.38. The molecule has 0 radical (unpaired) electrons. The molecule has 1 nitrogen and oxygen atoms in total. The molecule has 3 heteroatoms. The summed E-state index contributed by atoms with van der Waals surface area (Å²) < 4.78 is 13.9. The first-order valence-electron chi connectivity index (χ1n) is 5.60. The van der Waals surface area contributed by atoms with Crippen LogP contribution in [0.4, 0.5) is 4.39 Å². The topological polar surface area (TPSA) is 26.0 Å². The third-order valence-electron chi connectivity index (χ3n) is 3.59. The van der Waals surface area contributed by atoms with Crippen molar-refractivity contribution >= 4 is 15.9 Å². The lowest BCUT2D eigenvalue weighted by atomic mass is 9.98. The predicted octanol–water partition coefficient (Wildman–Crippen LogP) is 3.50. The lowest BCUT2D eigenvalue weighted by molar-refractivity contribution is 0.475. The molecule has 2 atom stereocenters. The fourth-order valence-electron chi connectivity index (χ4n) is 2.34. The zero-order valence-electron chi connectivity index (χ0n) is 9.63. The molecular formula is C13H17BrFN. The monoisotopic (exact) mass is 285 g/mol. The van der Waals surface area contributed by atoms with Crippen LogP contribution < -0.4 is 5.73 Å². The van der Waals surface area contributed by atoms with E-state index >= 15 is 0 Å². The molecular weight excluding hydrogens is 269 g/mol. The highest BCUT2D eigenvalue weighted by molar-refractivity contribution is 9.10. The Morgan fingerprint density at radius 1 is 1.56 bits per heavy atom. The summed E-state index contributed by atoms with van der Waals surface area (Å²) in [5.41, 5.74) is 7.50. The number of hydrogen-bond acceptors (Lipinski definition) is 1. The van der Waals surface area contributed by atoms with Gasteiger partial charge < -0.3 is 5.73 Å². The molecule has 2 rings (SSSR count). The van der Waals surface area contributed by atoms with Crippen LogP contribution in [-0.4, -0.2) is 6.04 Å². The normalized spacial score (nSPS) is 24.2. The highest BCUT2D eigenvalue weighted by Gasteiger charge is 2.48. The molecule has 1 aromatic carbocycles. The SMILES string of the molecule is CC1(C)CC1C(N)Cc1cccc(F)c1Br. The highest BCUT2D eigenvalue weighted by Crippen LogP contribution is 2.53. The van der Waals surface area contributed by atoms with E-state index in [4.69, 9.17) is 5.73 Å². The molecule has 88 valence electrons. The van der Waals surface area contributed by atoms with Crippen LogP contribution in [0.1, 0.15) is 25.8 Å². The van der Waals surface area contributed by atoms with Crippen LogP contribution in [0.5, 0.6) is 0 Å². The summed E-state index contributed by atoms with van der Waals surface area (Å²) in [5, 5.41) is 0. The van der Waals surface area contributed by atoms with Gasteiger partial charge in [0, 0.05) is 6.04 Å². The van der Waals surface area contributed by atoms with E-state index in [9.17, 15) is 4.39 Å². The van der Waals surface area contributed by atoms with Crippen molar-refractivity contribution in [1.82, 2.24) is 0 Å². The predicted molar refractivity (Wildman–Crippen MR) is 67.7 cm³/mol. The van der Waals surface area contributed by atoms with Crippen LogP contribution in [0.3, 0.4) is 0 Å². The van der Waals surface area contributed by atoms with Crippen LogP contribution in [0, 0.1) is 17.2 Å². The van der Waals surface area contributed by atoms with Gasteiger partial charge in [-0.05, 0) is 51.7 Å². The van der Waals surface area contributed by atoms with Gasteiger partial charge in [0.25, 0.3) is 0 Å². The Bertz CT molecular complexity index is 403. The van der Waals surface area contributed by atoms with Gasteiger partial charge in [-0.3, -0.25) is 0 Å². The molecule has 1 fully saturated rings. The zero-order valence-corrected chi connectivity index (χ0v) is 11.2. The first-order chi connectivity index (χ1) is 7.42. The number of rotatable bonds is 3. The molecule has 0 saturated heterocycles. The lowest BCUT2D eigenvalue weighted by Crippen LogP contribution is -2.27. The van der Waals surface area contributed by atoms with E-state index < -0.39 is 0 Å². The Hall–Kier alpha value is -0.410. The molecule has 0 spiro atoms. The summed E-state index contributed by atoms with van der Waals surface area (Å²) in [7, 11) is 0. The zero-order chi connectivity index (χ0) is 11.9. The van der Waals surface area contributed by atoms with Crippen LogP contribution in [-0.2, 0) is 6.42 Å². The minimum absolute atomic E-state index is 0.133. The molecule has 1 aliphatic rings. The second-order valence-corrected chi connectivity index (χ2v) is 6.17. The van der Waals surface area contributed by atoms with Crippen LogP contribution >= 0.6 is 15.9 Å². The molecule has 1 saturated carbocycles. The molecule has 1 aliphatic carbocycles. The summed E-state index contributed by atoms with van der Waals surface area (Å²) in [4.78, 5) is 0. The van der Waals surface area contributed by atoms with Crippen molar-refractivity contribution in [2.45, 2.75) is 32.7 Å². The maximum absolute atomic E-state index is 13.3. The van der Waals surface area contributed by atoms with Crippen molar-refractivity contribution in [3.05, 3.63) is 34.1 Å². The van der Waals surface area contributed by atoms with Gasteiger partial charge in [-0.1, -0.05) is 26.0 Å². The summed E-state index contributed by atoms with van der Waals surface area (Å²) in [6, 6.07) is 5.26. The van der Waals surface area contributed by atoms with E-state index in [-0.39, 0.29) is 11.9 Å². The minimum Gasteiger partial charge on any atom is -0.327 e. The molecule has 0 heterocycles. The fourth-order valence-corrected chi connectivity index (χ4v) is 2.77. The Morgan fingerprint density at radius 2 is 2.19 bits per heavy atom. The molecule has 0 aromatic heterocycles. The Labute approximate surface area is 104 Å². The third-order valence-corrected chi connectivity index (χ3v) is 4.48. The van der Waals surface area contributed by atoms with Crippen molar-refractivity contribution < 1.29 is 4.39 Å². The smallest absolute Gasteiger partial charge is 0.137 e. The summed E-state index contributed by atoms with van der Waals surface area (Å²) in [6.45, 7) is 4.47. The Balaban J connectivity index is 2.07. The Morgan fingerprint density at radius 3 is 2.75 bits per heavy atom. The summed E-state index contributed by atoms with van der Waals surface area (Å²) in [5.74, 6) is 0.363. The van der Waals surface area contributed by atoms with Gasteiger partial charge in [0.05, 0.1) is 4.47 Å². The minimum atomic E-state index is -0.209. The van der Waals surface area contributed by atoms with Crippen LogP contribution in [0.2, 0.25) is 0 Å². The average Bonchev–Trinajstić information content (AvgIpc) is 2.83. The number of hydrogen-bond donors (Lipinski definition) is 1. The van der Waals surface area contributed by atoms with Gasteiger partial charge in [-0.25, -0.2) is 4.39 Å². The standard InChI is InChI=1S/C13H17BrFN/c1-13(2)7-9(13)11(16)6-8-4-3-5-10(15)12(8)14/h3-5,9,11H,6-7,16H2,1-2H3. The maximum Gasteiger partial charge on any atom is 0.137 e. The van der Waals surface area contributed by atoms with E-state index in [1.54, 1.807) is 6.07 Å². The molecule has 0 amide bonds. The van der Waals surface area contributed by atoms with Gasteiger partial charge in [-0.2, -0.15) is 0 Å². The van der Waals surface area contributed by atoms with Crippen molar-refractivity contribution in [2.75, 3.05) is 0 Å². The number of nitrogens with two attached hydrogens (primary N) is 1. The third kappa shape index (κ3) is 2.30. The lowest BCUT2D eigenvalue weighted by Gasteiger charge is -2.14. The largest absolute Gasteiger partial charge is 0.327 e. The van der Waals surface area contributed by atoms with E-state index in [1.165, 1.54) is 12.5 Å². The van der Waals surface area contributed by atoms with E-state index in [0.29, 0.717) is 15.8 Å². The van der Waals surface area contributed by atoms with Gasteiger partial charge in [0.15, 0.2) is 0 Å². The van der Waals surface area contributed by atoms with Crippen molar-refractivity contribution in [2.24, 2.45) is 17.1 Å². The molecule has 1 aromatic rings. The van der Waals surface area contributed by atoms with Gasteiger partial charge in [0.2, 0.25) is 0 Å².